The Morgan fingerprint density at radius 2 is 2.21 bits per heavy atom. The fourth-order valence-corrected chi connectivity index (χ4v) is 4.83. The SMILES string of the molecule is IC=C1CSc2sc3ccccc3[n+]21. The predicted octanol–water partition coefficient (Wildman–Crippen LogP) is 3.53. The largest absolute Gasteiger partial charge is 0.304 e. The van der Waals surface area contributed by atoms with Crippen molar-refractivity contribution < 1.29 is 4.57 Å². The molecule has 14 heavy (non-hydrogen) atoms. The first kappa shape index (κ1) is 9.18. The van der Waals surface area contributed by atoms with Crippen LogP contribution in [0.15, 0.2) is 32.7 Å². The quantitative estimate of drug-likeness (QED) is 0.527. The number of para-hydroxylation sites is 1. The van der Waals surface area contributed by atoms with Crippen LogP contribution in [0.3, 0.4) is 0 Å². The fourth-order valence-electron chi connectivity index (χ4n) is 1.61. The highest BCUT2D eigenvalue weighted by Gasteiger charge is 2.31. The molecule has 1 aromatic heterocycles. The van der Waals surface area contributed by atoms with Crippen LogP contribution in [0.25, 0.3) is 15.9 Å². The highest BCUT2D eigenvalue weighted by Crippen LogP contribution is 2.35. The minimum Gasteiger partial charge on any atom is -0.140 e. The monoisotopic (exact) mass is 332 g/mol. The van der Waals surface area contributed by atoms with Crippen LogP contribution >= 0.6 is 45.7 Å². The lowest BCUT2D eigenvalue weighted by Crippen LogP contribution is -2.29. The molecule has 0 N–H and O–H groups in total. The minimum atomic E-state index is 1.11. The van der Waals surface area contributed by atoms with E-state index < -0.39 is 0 Å². The molecule has 4 heteroatoms. The summed E-state index contributed by atoms with van der Waals surface area (Å²) >= 11 is 6.15. The predicted molar refractivity (Wildman–Crippen MR) is 71.0 cm³/mol. The van der Waals surface area contributed by atoms with Crippen molar-refractivity contribution in [3.8, 4) is 0 Å². The molecule has 0 amide bonds. The number of nitrogens with zero attached hydrogens (tertiary/aromatic N) is 1. The summed E-state index contributed by atoms with van der Waals surface area (Å²) in [5.41, 5.74) is 2.75. The van der Waals surface area contributed by atoms with Gasteiger partial charge in [-0.05, 0) is 40.4 Å². The van der Waals surface area contributed by atoms with Gasteiger partial charge < -0.3 is 0 Å². The van der Waals surface area contributed by atoms with Crippen molar-refractivity contribution in [3.05, 3.63) is 28.3 Å². The zero-order valence-electron chi connectivity index (χ0n) is 7.24. The first-order valence-electron chi connectivity index (χ1n) is 4.26. The number of halogens is 1. The molecule has 0 fully saturated rings. The Labute approximate surface area is 104 Å². The Hall–Kier alpha value is -0.0700. The molecule has 2 aromatic rings. The van der Waals surface area contributed by atoms with Gasteiger partial charge in [0.05, 0.1) is 5.75 Å². The standard InChI is InChI=1S/C10H7INS2/c11-5-7-6-13-10-12(7)8-3-1-2-4-9(8)14-10/h1-5H,6H2/q+1. The Balaban J connectivity index is 2.40. The number of hydrogen-bond donors (Lipinski definition) is 0. The van der Waals surface area contributed by atoms with Gasteiger partial charge in [0, 0.05) is 10.1 Å². The first-order chi connectivity index (χ1) is 6.90. The number of hydrogen-bond acceptors (Lipinski definition) is 2. The van der Waals surface area contributed by atoms with Crippen LogP contribution in [-0.2, 0) is 0 Å². The summed E-state index contributed by atoms with van der Waals surface area (Å²) in [6.07, 6.45) is 0. The van der Waals surface area contributed by atoms with Gasteiger partial charge in [0.15, 0.2) is 0 Å². The molecule has 0 unspecified atom stereocenters. The van der Waals surface area contributed by atoms with E-state index in [1.165, 1.54) is 20.3 Å². The van der Waals surface area contributed by atoms with Crippen molar-refractivity contribution in [2.24, 2.45) is 0 Å². The van der Waals surface area contributed by atoms with Gasteiger partial charge in [0.25, 0.3) is 0 Å². The molecule has 2 heterocycles. The number of thioether (sulfide) groups is 1. The molecule has 1 aromatic carbocycles. The molecule has 0 spiro atoms. The average molecular weight is 332 g/mol. The van der Waals surface area contributed by atoms with Gasteiger partial charge in [-0.2, -0.15) is 0 Å². The van der Waals surface area contributed by atoms with Gasteiger partial charge in [-0.3, -0.25) is 0 Å². The van der Waals surface area contributed by atoms with Crippen molar-refractivity contribution in [1.29, 1.82) is 0 Å². The molecule has 1 nitrogen and oxygen atoms in total. The van der Waals surface area contributed by atoms with Gasteiger partial charge >= 0.3 is 4.34 Å². The number of thiazole rings is 1. The van der Waals surface area contributed by atoms with E-state index in [0.29, 0.717) is 0 Å². The summed E-state index contributed by atoms with van der Waals surface area (Å²) in [6.45, 7) is 0. The smallest absolute Gasteiger partial charge is 0.140 e. The van der Waals surface area contributed by atoms with Crippen LogP contribution in [0, 0.1) is 0 Å². The lowest BCUT2D eigenvalue weighted by atomic mass is 10.3. The van der Waals surface area contributed by atoms with Gasteiger partial charge in [-0.1, -0.05) is 23.5 Å². The van der Waals surface area contributed by atoms with E-state index in [9.17, 15) is 0 Å². The van der Waals surface area contributed by atoms with Gasteiger partial charge in [0.2, 0.25) is 11.2 Å². The van der Waals surface area contributed by atoms with E-state index >= 15 is 0 Å². The van der Waals surface area contributed by atoms with E-state index in [2.05, 4.69) is 55.5 Å². The van der Waals surface area contributed by atoms with Crippen molar-refractivity contribution in [2.75, 3.05) is 5.75 Å². The highest BCUT2D eigenvalue weighted by atomic mass is 127. The van der Waals surface area contributed by atoms with Gasteiger partial charge in [-0.15, -0.1) is 4.57 Å². The molecule has 0 saturated heterocycles. The molecule has 0 radical (unpaired) electrons. The summed E-state index contributed by atoms with van der Waals surface area (Å²) in [5.74, 6) is 1.11. The van der Waals surface area contributed by atoms with Gasteiger partial charge in [0.1, 0.15) is 4.70 Å². The van der Waals surface area contributed by atoms with E-state index in [1.54, 1.807) is 0 Å². The second-order valence-corrected chi connectivity index (χ2v) is 5.94. The molecular weight excluding hydrogens is 325 g/mol. The second kappa shape index (κ2) is 3.50. The van der Waals surface area contributed by atoms with Gasteiger partial charge in [-0.25, -0.2) is 0 Å². The molecule has 0 atom stereocenters. The maximum Gasteiger partial charge on any atom is 0.304 e. The molecule has 0 bridgehead atoms. The molecule has 0 aliphatic carbocycles. The molecule has 1 aliphatic heterocycles. The summed E-state index contributed by atoms with van der Waals surface area (Å²) in [6, 6.07) is 8.60. The van der Waals surface area contributed by atoms with Crippen LogP contribution < -0.4 is 4.57 Å². The molecule has 3 rings (SSSR count). The zero-order valence-corrected chi connectivity index (χ0v) is 11.0. The van der Waals surface area contributed by atoms with Crippen molar-refractivity contribution >= 4 is 61.6 Å². The van der Waals surface area contributed by atoms with E-state index in [-0.39, 0.29) is 0 Å². The number of aromatic nitrogens is 1. The summed E-state index contributed by atoms with van der Waals surface area (Å²) in [5, 5.41) is 0. The maximum atomic E-state index is 2.37. The minimum absolute atomic E-state index is 1.11. The van der Waals surface area contributed by atoms with E-state index in [0.717, 1.165) is 5.75 Å². The van der Waals surface area contributed by atoms with Crippen LogP contribution in [0.5, 0.6) is 0 Å². The number of fused-ring (bicyclic) bond motifs is 3. The van der Waals surface area contributed by atoms with E-state index in [4.69, 9.17) is 0 Å². The van der Waals surface area contributed by atoms with Crippen LogP contribution in [-0.4, -0.2) is 5.75 Å². The van der Waals surface area contributed by atoms with Crippen molar-refractivity contribution in [2.45, 2.75) is 4.34 Å². The Bertz CT molecular complexity index is 530. The second-order valence-electron chi connectivity index (χ2n) is 3.06. The molecule has 1 aliphatic rings. The maximum absolute atomic E-state index is 2.37. The van der Waals surface area contributed by atoms with Crippen LogP contribution in [0.1, 0.15) is 0 Å². The third-order valence-corrected chi connectivity index (χ3v) is 5.36. The Morgan fingerprint density at radius 3 is 3.07 bits per heavy atom. The lowest BCUT2D eigenvalue weighted by molar-refractivity contribution is -0.582. The third-order valence-electron chi connectivity index (χ3n) is 2.24. The third kappa shape index (κ3) is 1.24. The summed E-state index contributed by atoms with van der Waals surface area (Å²) < 4.78 is 7.34. The molecular formula is C10H7INS2+. The van der Waals surface area contributed by atoms with Crippen molar-refractivity contribution in [1.82, 2.24) is 0 Å². The zero-order chi connectivity index (χ0) is 9.54. The topological polar surface area (TPSA) is 3.88 Å². The van der Waals surface area contributed by atoms with Crippen LogP contribution in [0.2, 0.25) is 0 Å². The van der Waals surface area contributed by atoms with Crippen LogP contribution in [0.4, 0.5) is 0 Å². The summed E-state index contributed by atoms with van der Waals surface area (Å²) in [4.78, 5) is 0. The lowest BCUT2D eigenvalue weighted by Gasteiger charge is -1.88. The highest BCUT2D eigenvalue weighted by molar-refractivity contribution is 14.1. The number of benzene rings is 1. The van der Waals surface area contributed by atoms with Crippen molar-refractivity contribution in [3.63, 3.8) is 0 Å². The fraction of sp³-hybridized carbons (Fsp3) is 0.100. The molecule has 0 saturated carbocycles. The van der Waals surface area contributed by atoms with E-state index in [1.807, 2.05) is 23.1 Å². The number of rotatable bonds is 0. The summed E-state index contributed by atoms with van der Waals surface area (Å²) in [7, 11) is 0. The Kier molecular flexibility index (Phi) is 2.29. The molecule has 70 valence electrons. The first-order valence-corrected chi connectivity index (χ1v) is 7.31. The Morgan fingerprint density at radius 1 is 1.36 bits per heavy atom. The normalized spacial score (nSPS) is 17.9. The average Bonchev–Trinajstić information content (AvgIpc) is 2.75.